The van der Waals surface area contributed by atoms with Crippen molar-refractivity contribution in [1.82, 2.24) is 14.8 Å². The molecule has 7 heteroatoms. The molecule has 32 heavy (non-hydrogen) atoms. The molecular formula is C25H30N4O3. The van der Waals surface area contributed by atoms with E-state index in [0.717, 1.165) is 41.9 Å². The van der Waals surface area contributed by atoms with Gasteiger partial charge in [0.15, 0.2) is 0 Å². The average Bonchev–Trinajstić information content (AvgIpc) is 3.31. The fourth-order valence-electron chi connectivity index (χ4n) is 4.08. The number of anilines is 1. The maximum absolute atomic E-state index is 13.1. The number of carbonyl (C=O) groups excluding carboxylic acids is 1. The number of benzene rings is 2. The van der Waals surface area contributed by atoms with Crippen molar-refractivity contribution in [3.63, 3.8) is 0 Å². The Kier molecular flexibility index (Phi) is 6.75. The predicted molar refractivity (Wildman–Crippen MR) is 127 cm³/mol. The number of aromatic nitrogens is 1. The van der Waals surface area contributed by atoms with E-state index in [-0.39, 0.29) is 18.1 Å². The number of likely N-dealkylation sites (tertiary alicyclic amines) is 1. The first kappa shape index (κ1) is 21.9. The van der Waals surface area contributed by atoms with Gasteiger partial charge in [-0.3, -0.25) is 4.79 Å². The molecule has 4 rings (SSSR count). The zero-order valence-electron chi connectivity index (χ0n) is 18.7. The van der Waals surface area contributed by atoms with Crippen LogP contribution in [0.25, 0.3) is 10.9 Å². The molecule has 0 saturated carbocycles. The number of rotatable bonds is 7. The number of methoxy groups -OCH3 is 1. The number of urea groups is 1. The Bertz CT molecular complexity index is 1130. The Hall–Kier alpha value is -3.32. The molecule has 2 aromatic carbocycles. The molecule has 1 aliphatic heterocycles. The van der Waals surface area contributed by atoms with Gasteiger partial charge in [0.05, 0.1) is 13.7 Å². The molecule has 1 fully saturated rings. The number of H-pyrrole nitrogens is 1. The van der Waals surface area contributed by atoms with E-state index in [2.05, 4.69) is 15.2 Å². The molecule has 3 aromatic rings. The lowest BCUT2D eigenvalue weighted by atomic mass is 10.1. The second-order valence-corrected chi connectivity index (χ2v) is 8.34. The lowest BCUT2D eigenvalue weighted by molar-refractivity contribution is 0.197. The van der Waals surface area contributed by atoms with Gasteiger partial charge in [-0.25, -0.2) is 4.79 Å². The van der Waals surface area contributed by atoms with E-state index in [4.69, 9.17) is 4.74 Å². The fraction of sp³-hybridized carbons (Fsp3) is 0.360. The minimum atomic E-state index is -0.224. The van der Waals surface area contributed by atoms with Crippen molar-refractivity contribution in [3.05, 3.63) is 70.0 Å². The maximum Gasteiger partial charge on any atom is 0.322 e. The number of amides is 2. The molecule has 168 valence electrons. The molecule has 7 nitrogen and oxygen atoms in total. The fourth-order valence-corrected chi connectivity index (χ4v) is 4.08. The normalized spacial score (nSPS) is 13.9. The molecule has 1 saturated heterocycles. The highest BCUT2D eigenvalue weighted by Crippen LogP contribution is 2.17. The van der Waals surface area contributed by atoms with Crippen LogP contribution < -0.4 is 15.6 Å². The van der Waals surface area contributed by atoms with Crippen LogP contribution in [-0.4, -0.2) is 54.1 Å². The Morgan fingerprint density at radius 3 is 2.59 bits per heavy atom. The van der Waals surface area contributed by atoms with Gasteiger partial charge in [-0.05, 0) is 80.2 Å². The SMILES string of the molecule is COc1ccc(NC(=O)N(CCN2CCCC2)Cc2cc3ccc(C)cc3[nH]c2=O)cc1. The van der Waals surface area contributed by atoms with Crippen LogP contribution >= 0.6 is 0 Å². The van der Waals surface area contributed by atoms with Crippen LogP contribution in [0.3, 0.4) is 0 Å². The van der Waals surface area contributed by atoms with E-state index in [9.17, 15) is 9.59 Å². The monoisotopic (exact) mass is 434 g/mol. The minimum Gasteiger partial charge on any atom is -0.497 e. The maximum atomic E-state index is 13.1. The second kappa shape index (κ2) is 9.87. The third kappa shape index (κ3) is 5.29. The highest BCUT2D eigenvalue weighted by atomic mass is 16.5. The summed E-state index contributed by atoms with van der Waals surface area (Å²) < 4.78 is 5.18. The van der Waals surface area contributed by atoms with Gasteiger partial charge < -0.3 is 24.8 Å². The number of nitrogens with one attached hydrogen (secondary N) is 2. The second-order valence-electron chi connectivity index (χ2n) is 8.34. The summed E-state index contributed by atoms with van der Waals surface area (Å²) in [6.45, 7) is 5.70. The molecule has 2 N–H and O–H groups in total. The van der Waals surface area contributed by atoms with E-state index in [1.807, 2.05) is 31.2 Å². The van der Waals surface area contributed by atoms with Crippen molar-refractivity contribution in [3.8, 4) is 5.75 Å². The lowest BCUT2D eigenvalue weighted by Gasteiger charge is -2.26. The molecule has 2 amide bonds. The summed E-state index contributed by atoms with van der Waals surface area (Å²) in [6, 6.07) is 14.9. The zero-order valence-corrected chi connectivity index (χ0v) is 18.7. The number of hydrogen-bond acceptors (Lipinski definition) is 4. The molecule has 1 aliphatic rings. The van der Waals surface area contributed by atoms with Crippen molar-refractivity contribution in [1.29, 1.82) is 0 Å². The number of fused-ring (bicyclic) bond motifs is 1. The van der Waals surface area contributed by atoms with Crippen LogP contribution in [0.4, 0.5) is 10.5 Å². The van der Waals surface area contributed by atoms with E-state index in [0.29, 0.717) is 17.8 Å². The quantitative estimate of drug-likeness (QED) is 0.590. The van der Waals surface area contributed by atoms with Gasteiger partial charge in [0.2, 0.25) is 0 Å². The zero-order chi connectivity index (χ0) is 22.5. The van der Waals surface area contributed by atoms with Gasteiger partial charge in [0.1, 0.15) is 5.75 Å². The minimum absolute atomic E-state index is 0.161. The van der Waals surface area contributed by atoms with Crippen LogP contribution in [0.1, 0.15) is 24.0 Å². The summed E-state index contributed by atoms with van der Waals surface area (Å²) in [6.07, 6.45) is 2.39. The summed E-state index contributed by atoms with van der Waals surface area (Å²) in [5.41, 5.74) is 3.00. The Morgan fingerprint density at radius 2 is 1.88 bits per heavy atom. The average molecular weight is 435 g/mol. The number of nitrogens with zero attached hydrogens (tertiary/aromatic N) is 2. The topological polar surface area (TPSA) is 77.7 Å². The molecule has 0 aliphatic carbocycles. The van der Waals surface area contributed by atoms with Gasteiger partial charge in [0.25, 0.3) is 5.56 Å². The first-order valence-corrected chi connectivity index (χ1v) is 11.1. The van der Waals surface area contributed by atoms with Gasteiger partial charge in [-0.15, -0.1) is 0 Å². The molecule has 0 atom stereocenters. The summed E-state index contributed by atoms with van der Waals surface area (Å²) in [7, 11) is 1.61. The van der Waals surface area contributed by atoms with Crippen molar-refractivity contribution in [2.45, 2.75) is 26.3 Å². The van der Waals surface area contributed by atoms with Crippen molar-refractivity contribution in [2.75, 3.05) is 38.6 Å². The third-order valence-electron chi connectivity index (χ3n) is 5.95. The number of ether oxygens (including phenoxy) is 1. The lowest BCUT2D eigenvalue weighted by Crippen LogP contribution is -2.41. The number of hydrogen-bond donors (Lipinski definition) is 2. The Labute approximate surface area is 188 Å². The van der Waals surface area contributed by atoms with Gasteiger partial charge >= 0.3 is 6.03 Å². The summed E-state index contributed by atoms with van der Waals surface area (Å²) in [4.78, 5) is 32.9. The largest absolute Gasteiger partial charge is 0.497 e. The summed E-state index contributed by atoms with van der Waals surface area (Å²) >= 11 is 0. The first-order chi connectivity index (χ1) is 15.5. The van der Waals surface area contributed by atoms with E-state index in [1.165, 1.54) is 12.8 Å². The number of pyridine rings is 1. The van der Waals surface area contributed by atoms with Crippen LogP contribution in [-0.2, 0) is 6.54 Å². The molecule has 0 radical (unpaired) electrons. The van der Waals surface area contributed by atoms with E-state index >= 15 is 0 Å². The molecule has 1 aromatic heterocycles. The first-order valence-electron chi connectivity index (χ1n) is 11.1. The van der Waals surface area contributed by atoms with Crippen molar-refractivity contribution >= 4 is 22.6 Å². The highest BCUT2D eigenvalue weighted by Gasteiger charge is 2.19. The molecule has 0 bridgehead atoms. The summed E-state index contributed by atoms with van der Waals surface area (Å²) in [5, 5.41) is 3.91. The number of aryl methyl sites for hydroxylation is 1. The van der Waals surface area contributed by atoms with Gasteiger partial charge in [-0.2, -0.15) is 0 Å². The highest BCUT2D eigenvalue weighted by molar-refractivity contribution is 5.89. The smallest absolute Gasteiger partial charge is 0.322 e. The standard InChI is InChI=1S/C25H30N4O3/c1-18-5-6-19-16-20(24(30)27-23(19)15-18)17-29(14-13-28-11-3-4-12-28)25(31)26-21-7-9-22(32-2)10-8-21/h5-10,15-16H,3-4,11-14,17H2,1-2H3,(H,26,31)(H,27,30). The number of aromatic amines is 1. The van der Waals surface area contributed by atoms with Crippen molar-refractivity contribution in [2.24, 2.45) is 0 Å². The third-order valence-corrected chi connectivity index (χ3v) is 5.95. The molecule has 0 unspecified atom stereocenters. The van der Waals surface area contributed by atoms with Gasteiger partial charge in [0, 0.05) is 29.9 Å². The predicted octanol–water partition coefficient (Wildman–Crippen LogP) is 3.98. The van der Waals surface area contributed by atoms with Crippen LogP contribution in [0.2, 0.25) is 0 Å². The van der Waals surface area contributed by atoms with E-state index in [1.54, 1.807) is 36.3 Å². The van der Waals surface area contributed by atoms with Crippen LogP contribution in [0, 0.1) is 6.92 Å². The Morgan fingerprint density at radius 1 is 1.12 bits per heavy atom. The molecule has 2 heterocycles. The van der Waals surface area contributed by atoms with Gasteiger partial charge in [-0.1, -0.05) is 12.1 Å². The summed E-state index contributed by atoms with van der Waals surface area (Å²) in [5.74, 6) is 0.729. The van der Waals surface area contributed by atoms with Crippen LogP contribution in [0.15, 0.2) is 53.3 Å². The van der Waals surface area contributed by atoms with E-state index < -0.39 is 0 Å². The molecular weight excluding hydrogens is 404 g/mol. The Balaban J connectivity index is 1.54. The van der Waals surface area contributed by atoms with Crippen molar-refractivity contribution < 1.29 is 9.53 Å². The van der Waals surface area contributed by atoms with Crippen LogP contribution in [0.5, 0.6) is 5.75 Å². The molecule has 0 spiro atoms. The number of carbonyl (C=O) groups is 1.